The molecule has 1 heterocycles. The zero-order valence-corrected chi connectivity index (χ0v) is 16.0. The van der Waals surface area contributed by atoms with E-state index in [1.165, 1.54) is 0 Å². The average molecular weight is 383 g/mol. The number of hydrogen-bond donors (Lipinski definition) is 2. The van der Waals surface area contributed by atoms with Gasteiger partial charge in [-0.25, -0.2) is 18.1 Å². The Balaban J connectivity index is 1.59. The Morgan fingerprint density at radius 1 is 1.00 bits per heavy atom. The molecule has 7 heteroatoms. The van der Waals surface area contributed by atoms with Gasteiger partial charge in [0.05, 0.1) is 10.4 Å². The van der Waals surface area contributed by atoms with Gasteiger partial charge in [-0.1, -0.05) is 36.4 Å². The molecule has 0 saturated carbocycles. The molecule has 2 aromatic carbocycles. The smallest absolute Gasteiger partial charge is 0.269 e. The van der Waals surface area contributed by atoms with Gasteiger partial charge >= 0.3 is 0 Å². The molecule has 3 aromatic rings. The van der Waals surface area contributed by atoms with Crippen molar-refractivity contribution < 1.29 is 13.2 Å². The van der Waals surface area contributed by atoms with Crippen LogP contribution < -0.4 is 10.0 Å². The van der Waals surface area contributed by atoms with E-state index in [-0.39, 0.29) is 23.9 Å². The highest BCUT2D eigenvalue weighted by atomic mass is 32.2. The maximum Gasteiger partial charge on any atom is 0.269 e. The summed E-state index contributed by atoms with van der Waals surface area (Å²) in [6.45, 7) is 3.85. The summed E-state index contributed by atoms with van der Waals surface area (Å²) in [7, 11) is -3.62. The monoisotopic (exact) mass is 383 g/mol. The van der Waals surface area contributed by atoms with Gasteiger partial charge in [-0.15, -0.1) is 0 Å². The summed E-state index contributed by atoms with van der Waals surface area (Å²) in [6, 6.07) is 16.3. The summed E-state index contributed by atoms with van der Waals surface area (Å²) >= 11 is 0. The van der Waals surface area contributed by atoms with Gasteiger partial charge in [0.25, 0.3) is 5.91 Å². The highest BCUT2D eigenvalue weighted by Gasteiger charge is 2.16. The van der Waals surface area contributed by atoms with Crippen molar-refractivity contribution >= 4 is 26.8 Å². The Morgan fingerprint density at radius 2 is 1.78 bits per heavy atom. The zero-order valence-electron chi connectivity index (χ0n) is 15.2. The number of aromatic nitrogens is 1. The molecule has 2 N–H and O–H groups in total. The fraction of sp³-hybridized carbons (Fsp3) is 0.200. The normalized spacial score (nSPS) is 11.5. The number of aryl methyl sites for hydroxylation is 2. The van der Waals surface area contributed by atoms with E-state index in [0.717, 1.165) is 16.5 Å². The SMILES string of the molecule is Cc1ccc(C)c(S(=O)(=O)NCCNC(=O)c2ccc3ccccc3n2)c1. The van der Waals surface area contributed by atoms with Crippen molar-refractivity contribution in [3.63, 3.8) is 0 Å². The van der Waals surface area contributed by atoms with Gasteiger partial charge in [0.2, 0.25) is 10.0 Å². The van der Waals surface area contributed by atoms with E-state index in [0.29, 0.717) is 11.3 Å². The number of nitrogens with one attached hydrogen (secondary N) is 2. The number of benzene rings is 2. The summed E-state index contributed by atoms with van der Waals surface area (Å²) in [6.07, 6.45) is 0. The van der Waals surface area contributed by atoms with Gasteiger partial charge in [0.15, 0.2) is 0 Å². The van der Waals surface area contributed by atoms with E-state index in [2.05, 4.69) is 15.0 Å². The Hall–Kier alpha value is -2.77. The fourth-order valence-corrected chi connectivity index (χ4v) is 4.08. The van der Waals surface area contributed by atoms with Crippen LogP contribution in [0.4, 0.5) is 0 Å². The van der Waals surface area contributed by atoms with E-state index >= 15 is 0 Å². The predicted octanol–water partition coefficient (Wildman–Crippen LogP) is 2.56. The average Bonchev–Trinajstić information content (AvgIpc) is 2.66. The summed E-state index contributed by atoms with van der Waals surface area (Å²) in [5.74, 6) is -0.341. The minimum atomic E-state index is -3.62. The second kappa shape index (κ2) is 7.85. The molecule has 0 radical (unpaired) electrons. The van der Waals surface area contributed by atoms with E-state index < -0.39 is 10.0 Å². The van der Waals surface area contributed by atoms with Crippen LogP contribution in [0.25, 0.3) is 10.9 Å². The van der Waals surface area contributed by atoms with Crippen molar-refractivity contribution in [2.75, 3.05) is 13.1 Å². The fourth-order valence-electron chi connectivity index (χ4n) is 2.72. The van der Waals surface area contributed by atoms with Crippen molar-refractivity contribution in [1.29, 1.82) is 0 Å². The lowest BCUT2D eigenvalue weighted by molar-refractivity contribution is 0.0949. The molecule has 1 aromatic heterocycles. The van der Waals surface area contributed by atoms with Crippen LogP contribution in [-0.4, -0.2) is 32.4 Å². The predicted molar refractivity (Wildman–Crippen MR) is 105 cm³/mol. The van der Waals surface area contributed by atoms with Gasteiger partial charge < -0.3 is 5.32 Å². The number of hydrogen-bond acceptors (Lipinski definition) is 4. The topological polar surface area (TPSA) is 88.2 Å². The van der Waals surface area contributed by atoms with Crippen LogP contribution >= 0.6 is 0 Å². The molecule has 0 aliphatic heterocycles. The summed E-state index contributed by atoms with van der Waals surface area (Å²) < 4.78 is 27.4. The minimum Gasteiger partial charge on any atom is -0.349 e. The van der Waals surface area contributed by atoms with Gasteiger partial charge in [-0.05, 0) is 43.2 Å². The Kier molecular flexibility index (Phi) is 5.53. The number of rotatable bonds is 6. The Labute approximate surface area is 158 Å². The lowest BCUT2D eigenvalue weighted by Gasteiger charge is -2.11. The largest absolute Gasteiger partial charge is 0.349 e. The maximum absolute atomic E-state index is 12.4. The number of pyridine rings is 1. The molecule has 140 valence electrons. The van der Waals surface area contributed by atoms with E-state index in [4.69, 9.17) is 0 Å². The third-order valence-corrected chi connectivity index (χ3v) is 5.77. The first kappa shape index (κ1) is 19.0. The highest BCUT2D eigenvalue weighted by Crippen LogP contribution is 2.16. The lowest BCUT2D eigenvalue weighted by Crippen LogP contribution is -2.35. The molecule has 0 fully saturated rings. The van der Waals surface area contributed by atoms with E-state index in [1.54, 1.807) is 25.1 Å². The highest BCUT2D eigenvalue weighted by molar-refractivity contribution is 7.89. The third kappa shape index (κ3) is 4.50. The number of nitrogens with zero attached hydrogens (tertiary/aromatic N) is 1. The quantitative estimate of drug-likeness (QED) is 0.641. The van der Waals surface area contributed by atoms with Crippen LogP contribution in [0.15, 0.2) is 59.5 Å². The molecule has 0 saturated heterocycles. The molecule has 0 spiro atoms. The number of sulfonamides is 1. The molecule has 3 rings (SSSR count). The van der Waals surface area contributed by atoms with Crippen molar-refractivity contribution in [2.45, 2.75) is 18.7 Å². The first-order chi connectivity index (χ1) is 12.9. The molecule has 0 aliphatic carbocycles. The van der Waals surface area contributed by atoms with Crippen LogP contribution in [0.3, 0.4) is 0 Å². The zero-order chi connectivity index (χ0) is 19.4. The molecular weight excluding hydrogens is 362 g/mol. The Bertz CT molecular complexity index is 1090. The number of fused-ring (bicyclic) bond motifs is 1. The summed E-state index contributed by atoms with van der Waals surface area (Å²) in [5, 5.41) is 3.64. The van der Waals surface area contributed by atoms with E-state index in [9.17, 15) is 13.2 Å². The van der Waals surface area contributed by atoms with Crippen molar-refractivity contribution in [2.24, 2.45) is 0 Å². The number of para-hydroxylation sites is 1. The third-order valence-electron chi connectivity index (χ3n) is 4.17. The Morgan fingerprint density at radius 3 is 2.59 bits per heavy atom. The number of carbonyl (C=O) groups is 1. The molecule has 1 amide bonds. The number of carbonyl (C=O) groups excluding carboxylic acids is 1. The summed E-state index contributed by atoms with van der Waals surface area (Å²) in [4.78, 5) is 16.8. The van der Waals surface area contributed by atoms with Crippen molar-refractivity contribution in [3.8, 4) is 0 Å². The minimum absolute atomic E-state index is 0.0923. The van der Waals surface area contributed by atoms with Crippen molar-refractivity contribution in [1.82, 2.24) is 15.0 Å². The van der Waals surface area contributed by atoms with Crippen molar-refractivity contribution in [3.05, 3.63) is 71.4 Å². The van der Waals surface area contributed by atoms with Gasteiger partial charge in [-0.3, -0.25) is 4.79 Å². The van der Waals surface area contributed by atoms with Crippen LogP contribution in [0.1, 0.15) is 21.6 Å². The van der Waals surface area contributed by atoms with Crippen LogP contribution in [0.2, 0.25) is 0 Å². The first-order valence-corrected chi connectivity index (χ1v) is 10.1. The molecule has 6 nitrogen and oxygen atoms in total. The van der Waals surface area contributed by atoms with Gasteiger partial charge in [-0.2, -0.15) is 0 Å². The first-order valence-electron chi connectivity index (χ1n) is 8.58. The lowest BCUT2D eigenvalue weighted by atomic mass is 10.2. The van der Waals surface area contributed by atoms with Crippen LogP contribution in [0, 0.1) is 13.8 Å². The molecule has 0 aliphatic rings. The summed E-state index contributed by atoms with van der Waals surface area (Å²) in [5.41, 5.74) is 2.58. The molecule has 0 bridgehead atoms. The van der Waals surface area contributed by atoms with Gasteiger partial charge in [0.1, 0.15) is 5.69 Å². The molecular formula is C20H21N3O3S. The maximum atomic E-state index is 12.4. The second-order valence-electron chi connectivity index (χ2n) is 6.31. The molecule has 0 atom stereocenters. The van der Waals surface area contributed by atoms with E-state index in [1.807, 2.05) is 43.3 Å². The standard InChI is InChI=1S/C20H21N3O3S/c1-14-7-8-15(2)19(13-14)27(25,26)22-12-11-21-20(24)18-10-9-16-5-3-4-6-17(16)23-18/h3-10,13,22H,11-12H2,1-2H3,(H,21,24). The second-order valence-corrected chi connectivity index (χ2v) is 8.05. The van der Waals surface area contributed by atoms with Gasteiger partial charge in [0, 0.05) is 18.5 Å². The number of amides is 1. The molecule has 27 heavy (non-hydrogen) atoms. The molecule has 0 unspecified atom stereocenters. The van der Waals surface area contributed by atoms with Crippen LogP contribution in [0.5, 0.6) is 0 Å². The van der Waals surface area contributed by atoms with Crippen LogP contribution in [-0.2, 0) is 10.0 Å².